The van der Waals surface area contributed by atoms with Gasteiger partial charge in [-0.15, -0.1) is 0 Å². The van der Waals surface area contributed by atoms with E-state index in [0.717, 1.165) is 26.6 Å². The molecule has 4 aromatic rings. The molecule has 2 amide bonds. The lowest BCUT2D eigenvalue weighted by Crippen LogP contribution is -2.54. The number of hydrogen-bond acceptors (Lipinski definition) is 4. The monoisotopic (exact) mass is 659 g/mol. The molecule has 1 N–H and O–H groups in total. The van der Waals surface area contributed by atoms with Crippen molar-refractivity contribution in [3.8, 4) is 0 Å². The fourth-order valence-electron chi connectivity index (χ4n) is 5.13. The zero-order valence-electron chi connectivity index (χ0n) is 27.0. The fraction of sp³-hybridized carbons (Fsp3) is 0.297. The Hall–Kier alpha value is -4.14. The molecule has 0 bridgehead atoms. The van der Waals surface area contributed by atoms with Gasteiger partial charge in [0.05, 0.1) is 10.6 Å². The van der Waals surface area contributed by atoms with Gasteiger partial charge < -0.3 is 10.2 Å². The Labute approximate surface area is 278 Å². The van der Waals surface area contributed by atoms with Crippen molar-refractivity contribution in [1.29, 1.82) is 0 Å². The van der Waals surface area contributed by atoms with Crippen LogP contribution in [0, 0.1) is 20.8 Å². The Bertz CT molecular complexity index is 1740. The second-order valence-electron chi connectivity index (χ2n) is 11.8. The van der Waals surface area contributed by atoms with Gasteiger partial charge in [-0.25, -0.2) is 8.42 Å². The molecule has 0 saturated carbocycles. The molecule has 7 nitrogen and oxygen atoms in total. The van der Waals surface area contributed by atoms with E-state index < -0.39 is 28.5 Å². The summed E-state index contributed by atoms with van der Waals surface area (Å²) in [7, 11) is -4.20. The Morgan fingerprint density at radius 3 is 2.02 bits per heavy atom. The van der Waals surface area contributed by atoms with Crippen LogP contribution in [0.2, 0.25) is 5.02 Å². The molecule has 0 aliphatic carbocycles. The number of aryl methyl sites for hydroxylation is 3. The average Bonchev–Trinajstić information content (AvgIpc) is 3.03. The van der Waals surface area contributed by atoms with Crippen molar-refractivity contribution < 1.29 is 18.0 Å². The third-order valence-electron chi connectivity index (χ3n) is 8.06. The highest BCUT2D eigenvalue weighted by molar-refractivity contribution is 7.92. The summed E-state index contributed by atoms with van der Waals surface area (Å²) in [6, 6.07) is 27.7. The lowest BCUT2D eigenvalue weighted by atomic mass is 10.0. The Morgan fingerprint density at radius 2 is 1.43 bits per heavy atom. The summed E-state index contributed by atoms with van der Waals surface area (Å²) in [5.74, 6) is -0.805. The molecule has 0 spiro atoms. The summed E-state index contributed by atoms with van der Waals surface area (Å²) in [6.45, 7) is 9.10. The molecule has 0 aromatic heterocycles. The van der Waals surface area contributed by atoms with Crippen LogP contribution in [0.1, 0.15) is 48.1 Å². The van der Waals surface area contributed by atoms with Crippen molar-refractivity contribution in [1.82, 2.24) is 10.2 Å². The molecule has 2 unspecified atom stereocenters. The van der Waals surface area contributed by atoms with Crippen LogP contribution >= 0.6 is 11.6 Å². The van der Waals surface area contributed by atoms with Crippen LogP contribution in [0.4, 0.5) is 5.69 Å². The summed E-state index contributed by atoms with van der Waals surface area (Å²) in [5, 5.41) is 3.51. The van der Waals surface area contributed by atoms with Gasteiger partial charge in [0.15, 0.2) is 0 Å². The summed E-state index contributed by atoms with van der Waals surface area (Å²) in [5.41, 5.74) is 4.60. The fourth-order valence-corrected chi connectivity index (χ4v) is 6.84. The van der Waals surface area contributed by atoms with E-state index in [2.05, 4.69) is 5.32 Å². The molecule has 9 heteroatoms. The van der Waals surface area contributed by atoms with E-state index in [1.807, 2.05) is 82.3 Å². The zero-order valence-corrected chi connectivity index (χ0v) is 28.6. The maximum absolute atomic E-state index is 14.6. The van der Waals surface area contributed by atoms with Crippen LogP contribution in [-0.4, -0.2) is 43.8 Å². The number of amides is 2. The quantitative estimate of drug-likeness (QED) is 0.167. The minimum Gasteiger partial charge on any atom is -0.352 e. The van der Waals surface area contributed by atoms with Crippen LogP contribution in [0.25, 0.3) is 0 Å². The van der Waals surface area contributed by atoms with Crippen molar-refractivity contribution in [2.45, 2.75) is 71.0 Å². The van der Waals surface area contributed by atoms with Crippen LogP contribution in [-0.2, 0) is 32.6 Å². The van der Waals surface area contributed by atoms with Gasteiger partial charge >= 0.3 is 0 Å². The topological polar surface area (TPSA) is 86.8 Å². The molecule has 0 saturated heterocycles. The van der Waals surface area contributed by atoms with Gasteiger partial charge in [0, 0.05) is 24.0 Å². The third-order valence-corrected chi connectivity index (χ3v) is 10.1. The Morgan fingerprint density at radius 1 is 0.826 bits per heavy atom. The maximum atomic E-state index is 14.6. The molecule has 0 radical (unpaired) electrons. The van der Waals surface area contributed by atoms with Crippen molar-refractivity contribution >= 4 is 39.1 Å². The number of sulfonamides is 1. The number of benzene rings is 4. The van der Waals surface area contributed by atoms with Crippen LogP contribution in [0.15, 0.2) is 102 Å². The summed E-state index contributed by atoms with van der Waals surface area (Å²) in [6.07, 6.45) is 0.972. The first kappa shape index (κ1) is 34.7. The maximum Gasteiger partial charge on any atom is 0.264 e. The first-order valence-corrected chi connectivity index (χ1v) is 17.3. The highest BCUT2D eigenvalue weighted by atomic mass is 35.5. The van der Waals surface area contributed by atoms with E-state index in [0.29, 0.717) is 22.7 Å². The molecule has 0 heterocycles. The Balaban J connectivity index is 1.83. The SMILES string of the molecule is CCC(C)NC(=O)C(Cc1ccccc1)N(Cc1ccc(C)cc1)C(=O)CN(c1ccc(Cl)cc1C)S(=O)(=O)c1ccc(C)cc1. The average molecular weight is 660 g/mol. The minimum absolute atomic E-state index is 0.0562. The van der Waals surface area contributed by atoms with Gasteiger partial charge in [-0.2, -0.15) is 0 Å². The van der Waals surface area contributed by atoms with Gasteiger partial charge in [-0.3, -0.25) is 13.9 Å². The van der Waals surface area contributed by atoms with Gasteiger partial charge in [-0.05, 0) is 81.1 Å². The molecule has 0 aliphatic heterocycles. The summed E-state index contributed by atoms with van der Waals surface area (Å²) < 4.78 is 29.6. The van der Waals surface area contributed by atoms with Crippen molar-refractivity contribution in [2.75, 3.05) is 10.8 Å². The van der Waals surface area contributed by atoms with Crippen LogP contribution < -0.4 is 9.62 Å². The highest BCUT2D eigenvalue weighted by Crippen LogP contribution is 2.30. The predicted octanol–water partition coefficient (Wildman–Crippen LogP) is 7.02. The number of anilines is 1. The number of nitrogens with one attached hydrogen (secondary N) is 1. The first-order valence-electron chi connectivity index (χ1n) is 15.4. The molecule has 4 aromatic carbocycles. The number of carbonyl (C=O) groups excluding carboxylic acids is 2. The first-order chi connectivity index (χ1) is 21.9. The number of halogens is 1. The van der Waals surface area contributed by atoms with Crippen LogP contribution in [0.5, 0.6) is 0 Å². The second kappa shape index (κ2) is 15.4. The van der Waals surface area contributed by atoms with Crippen molar-refractivity contribution in [2.24, 2.45) is 0 Å². The lowest BCUT2D eigenvalue weighted by Gasteiger charge is -2.34. The van der Waals surface area contributed by atoms with Gasteiger partial charge in [-0.1, -0.05) is 96.4 Å². The highest BCUT2D eigenvalue weighted by Gasteiger charge is 2.35. The standard InChI is InChI=1S/C37H42ClN3O4S/c1-6-29(5)39-37(43)35(23-30-10-8-7-9-11-30)40(24-31-16-12-26(2)13-17-31)36(42)25-41(34-21-18-32(38)22-28(34)4)46(44,45)33-19-14-27(3)15-20-33/h7-22,29,35H,6,23-25H2,1-5H3,(H,39,43). The normalized spacial score (nSPS) is 12.7. The van der Waals surface area contributed by atoms with Gasteiger partial charge in [0.2, 0.25) is 11.8 Å². The summed E-state index contributed by atoms with van der Waals surface area (Å²) >= 11 is 6.25. The molecule has 0 fully saturated rings. The van der Waals surface area contributed by atoms with Gasteiger partial charge in [0.1, 0.15) is 12.6 Å². The Kier molecular flexibility index (Phi) is 11.7. The zero-order chi connectivity index (χ0) is 33.4. The molecule has 46 heavy (non-hydrogen) atoms. The van der Waals surface area contributed by atoms with E-state index >= 15 is 0 Å². The minimum atomic E-state index is -4.20. The number of rotatable bonds is 13. The molecule has 2 atom stereocenters. The van der Waals surface area contributed by atoms with Crippen molar-refractivity contribution in [3.05, 3.63) is 130 Å². The van der Waals surface area contributed by atoms with E-state index in [1.54, 1.807) is 37.3 Å². The number of nitrogens with zero attached hydrogens (tertiary/aromatic N) is 2. The van der Waals surface area contributed by atoms with Crippen molar-refractivity contribution in [3.63, 3.8) is 0 Å². The number of carbonyl (C=O) groups is 2. The van der Waals surface area contributed by atoms with E-state index in [1.165, 1.54) is 17.0 Å². The second-order valence-corrected chi connectivity index (χ2v) is 14.1. The largest absolute Gasteiger partial charge is 0.352 e. The van der Waals surface area contributed by atoms with E-state index in [9.17, 15) is 18.0 Å². The molecular formula is C37H42ClN3O4S. The number of hydrogen-bond donors (Lipinski definition) is 1. The van der Waals surface area contributed by atoms with E-state index in [-0.39, 0.29) is 29.8 Å². The van der Waals surface area contributed by atoms with Crippen LogP contribution in [0.3, 0.4) is 0 Å². The molecule has 0 aliphatic rings. The predicted molar refractivity (Wildman–Crippen MR) is 185 cm³/mol. The lowest BCUT2D eigenvalue weighted by molar-refractivity contribution is -0.140. The van der Waals surface area contributed by atoms with Gasteiger partial charge in [0.25, 0.3) is 10.0 Å². The van der Waals surface area contributed by atoms with E-state index in [4.69, 9.17) is 11.6 Å². The smallest absolute Gasteiger partial charge is 0.264 e. The summed E-state index contributed by atoms with van der Waals surface area (Å²) in [4.78, 5) is 30.1. The molecule has 242 valence electrons. The molecule has 4 rings (SSSR count). The molecular weight excluding hydrogens is 618 g/mol. The third kappa shape index (κ3) is 8.77.